The first kappa shape index (κ1) is 21.4. The van der Waals surface area contributed by atoms with Crippen LogP contribution in [0.2, 0.25) is 20.6 Å². The highest BCUT2D eigenvalue weighted by atomic mass is 127. The number of esters is 1. The summed E-state index contributed by atoms with van der Waals surface area (Å²) in [5, 5.41) is 1.46. The number of hydrogen-bond donors (Lipinski definition) is 0. The third-order valence-corrected chi connectivity index (χ3v) is 4.50. The molecule has 24 heavy (non-hydrogen) atoms. The Kier molecular flexibility index (Phi) is 9.92. The van der Waals surface area contributed by atoms with Gasteiger partial charge in [-0.2, -0.15) is 0 Å². The summed E-state index contributed by atoms with van der Waals surface area (Å²) in [6.45, 7) is 2.08. The van der Waals surface area contributed by atoms with Crippen LogP contribution in [0.1, 0.15) is 12.5 Å². The molecule has 2 aromatic rings. The fourth-order valence-electron chi connectivity index (χ4n) is 1.29. The number of hydrogen-bond acceptors (Lipinski definition) is 4. The number of rotatable bonds is 3. The first-order chi connectivity index (χ1) is 11.3. The normalized spacial score (nSPS) is 10.2. The van der Waals surface area contributed by atoms with E-state index < -0.39 is 5.97 Å². The number of carbonyl (C=O) groups is 1. The molecule has 0 atom stereocenters. The van der Waals surface area contributed by atoms with Crippen molar-refractivity contribution in [3.8, 4) is 0 Å². The van der Waals surface area contributed by atoms with E-state index in [9.17, 15) is 4.79 Å². The van der Waals surface area contributed by atoms with Crippen molar-refractivity contribution in [3.05, 3.63) is 60.1 Å². The molecule has 2 heterocycles. The molecule has 9 heteroatoms. The Labute approximate surface area is 173 Å². The van der Waals surface area contributed by atoms with Crippen LogP contribution in [0.25, 0.3) is 6.08 Å². The zero-order valence-corrected chi connectivity index (χ0v) is 17.5. The van der Waals surface area contributed by atoms with Gasteiger partial charge in [0.2, 0.25) is 0 Å². The molecular formula is C15H11Cl4IN2O2. The van der Waals surface area contributed by atoms with Crippen LogP contribution in [-0.2, 0) is 9.53 Å². The van der Waals surface area contributed by atoms with Gasteiger partial charge in [0.15, 0.2) is 0 Å². The maximum absolute atomic E-state index is 11.0. The lowest BCUT2D eigenvalue weighted by atomic mass is 10.2. The predicted octanol–water partition coefficient (Wildman–Crippen LogP) is 5.96. The fourth-order valence-corrected chi connectivity index (χ4v) is 2.34. The van der Waals surface area contributed by atoms with Crippen molar-refractivity contribution < 1.29 is 9.53 Å². The van der Waals surface area contributed by atoms with E-state index in [0.29, 0.717) is 27.6 Å². The average Bonchev–Trinajstić information content (AvgIpc) is 2.51. The monoisotopic (exact) mass is 518 g/mol. The molecule has 128 valence electrons. The molecule has 0 radical (unpaired) electrons. The molecule has 2 rings (SSSR count). The average molecular weight is 520 g/mol. The van der Waals surface area contributed by atoms with E-state index in [1.807, 2.05) is 6.07 Å². The molecule has 0 fully saturated rings. The van der Waals surface area contributed by atoms with Gasteiger partial charge in [-0.25, -0.2) is 14.8 Å². The molecule has 0 N–H and O–H groups in total. The SMILES string of the molecule is CCOC(=O)/C=C/c1ccc(Cl)nc1Cl.Clc1ccc(I)c(Cl)n1. The van der Waals surface area contributed by atoms with Gasteiger partial charge in [0.25, 0.3) is 0 Å². The molecule has 0 aliphatic carbocycles. The molecule has 4 nitrogen and oxygen atoms in total. The first-order valence-electron chi connectivity index (χ1n) is 6.48. The van der Waals surface area contributed by atoms with Gasteiger partial charge in [0, 0.05) is 11.6 Å². The summed E-state index contributed by atoms with van der Waals surface area (Å²) in [5.74, 6) is -0.413. The molecule has 2 aromatic heterocycles. The quantitative estimate of drug-likeness (QED) is 0.217. The molecule has 0 amide bonds. The second-order valence-corrected chi connectivity index (χ2v) is 6.66. The van der Waals surface area contributed by atoms with Crippen LogP contribution in [0.3, 0.4) is 0 Å². The van der Waals surface area contributed by atoms with Gasteiger partial charge >= 0.3 is 5.97 Å². The van der Waals surface area contributed by atoms with Gasteiger partial charge in [-0.1, -0.05) is 46.4 Å². The van der Waals surface area contributed by atoms with Crippen molar-refractivity contribution in [1.29, 1.82) is 0 Å². The molecular weight excluding hydrogens is 509 g/mol. The van der Waals surface area contributed by atoms with Gasteiger partial charge < -0.3 is 4.74 Å². The van der Waals surface area contributed by atoms with Crippen LogP contribution in [0.5, 0.6) is 0 Å². The second-order valence-electron chi connectivity index (χ2n) is 4.01. The maximum Gasteiger partial charge on any atom is 0.330 e. The minimum atomic E-state index is -0.413. The van der Waals surface area contributed by atoms with E-state index in [-0.39, 0.29) is 5.15 Å². The molecule has 0 saturated carbocycles. The number of nitrogens with zero attached hydrogens (tertiary/aromatic N) is 2. The molecule has 0 saturated heterocycles. The standard InChI is InChI=1S/C10H9Cl2NO2.C5H2Cl2IN/c1-2-15-9(14)6-4-7-3-5-8(11)13-10(7)12;6-4-2-1-3(8)5(7)9-4/h3-6H,2H2,1H3;1-2H/b6-4+;. The largest absolute Gasteiger partial charge is 0.463 e. The van der Waals surface area contributed by atoms with Crippen LogP contribution >= 0.6 is 69.0 Å². The van der Waals surface area contributed by atoms with Crippen LogP contribution < -0.4 is 0 Å². The summed E-state index contributed by atoms with van der Waals surface area (Å²) >= 11 is 24.6. The molecule has 0 aliphatic rings. The Balaban J connectivity index is 0.000000272. The van der Waals surface area contributed by atoms with Crippen molar-refractivity contribution in [1.82, 2.24) is 9.97 Å². The number of ether oxygens (including phenoxy) is 1. The number of halogens is 5. The molecule has 0 bridgehead atoms. The van der Waals surface area contributed by atoms with Gasteiger partial charge in [-0.15, -0.1) is 0 Å². The van der Waals surface area contributed by atoms with Crippen molar-refractivity contribution in [2.75, 3.05) is 6.61 Å². The van der Waals surface area contributed by atoms with E-state index in [1.165, 1.54) is 12.2 Å². The topological polar surface area (TPSA) is 52.1 Å². The van der Waals surface area contributed by atoms with E-state index in [4.69, 9.17) is 51.1 Å². The van der Waals surface area contributed by atoms with Crippen LogP contribution in [0, 0.1) is 3.57 Å². The Bertz CT molecular complexity index is 741. The summed E-state index contributed by atoms with van der Waals surface area (Å²) in [7, 11) is 0. The Morgan fingerprint density at radius 2 is 1.67 bits per heavy atom. The van der Waals surface area contributed by atoms with Gasteiger partial charge in [0.1, 0.15) is 20.6 Å². The van der Waals surface area contributed by atoms with Gasteiger partial charge in [0.05, 0.1) is 10.2 Å². The predicted molar refractivity (Wildman–Crippen MR) is 107 cm³/mol. The van der Waals surface area contributed by atoms with Gasteiger partial charge in [-0.3, -0.25) is 0 Å². The molecule has 0 aliphatic heterocycles. The lowest BCUT2D eigenvalue weighted by Crippen LogP contribution is -1.98. The summed E-state index contributed by atoms with van der Waals surface area (Å²) in [4.78, 5) is 18.6. The molecule has 0 unspecified atom stereocenters. The Morgan fingerprint density at radius 1 is 1.08 bits per heavy atom. The van der Waals surface area contributed by atoms with E-state index in [1.54, 1.807) is 25.1 Å². The third-order valence-electron chi connectivity index (χ3n) is 2.30. The summed E-state index contributed by atoms with van der Waals surface area (Å²) in [6, 6.07) is 6.79. The zero-order valence-electron chi connectivity index (χ0n) is 12.3. The second kappa shape index (κ2) is 11.1. The van der Waals surface area contributed by atoms with Crippen molar-refractivity contribution in [2.24, 2.45) is 0 Å². The minimum absolute atomic E-state index is 0.253. The highest BCUT2D eigenvalue weighted by Crippen LogP contribution is 2.18. The van der Waals surface area contributed by atoms with Crippen LogP contribution in [0.15, 0.2) is 30.3 Å². The smallest absolute Gasteiger partial charge is 0.330 e. The summed E-state index contributed by atoms with van der Waals surface area (Å²) < 4.78 is 5.63. The van der Waals surface area contributed by atoms with Crippen LogP contribution in [-0.4, -0.2) is 22.5 Å². The highest BCUT2D eigenvalue weighted by Gasteiger charge is 2.00. The Hall–Kier alpha value is -0.600. The van der Waals surface area contributed by atoms with Crippen molar-refractivity contribution in [2.45, 2.75) is 6.92 Å². The molecule has 0 spiro atoms. The fraction of sp³-hybridized carbons (Fsp3) is 0.133. The third kappa shape index (κ3) is 7.98. The molecule has 0 aromatic carbocycles. The lowest BCUT2D eigenvalue weighted by molar-refractivity contribution is -0.137. The number of carbonyl (C=O) groups excluding carboxylic acids is 1. The number of pyridine rings is 2. The van der Waals surface area contributed by atoms with Crippen molar-refractivity contribution >= 4 is 81.0 Å². The first-order valence-corrected chi connectivity index (χ1v) is 9.07. The zero-order chi connectivity index (χ0) is 18.1. The van der Waals surface area contributed by atoms with E-state index >= 15 is 0 Å². The maximum atomic E-state index is 11.0. The summed E-state index contributed by atoms with van der Waals surface area (Å²) in [6.07, 6.45) is 2.82. The van der Waals surface area contributed by atoms with Crippen LogP contribution in [0.4, 0.5) is 0 Å². The van der Waals surface area contributed by atoms with E-state index in [2.05, 4.69) is 32.6 Å². The Morgan fingerprint density at radius 3 is 2.17 bits per heavy atom. The van der Waals surface area contributed by atoms with Gasteiger partial charge in [-0.05, 0) is 59.9 Å². The van der Waals surface area contributed by atoms with Crippen molar-refractivity contribution in [3.63, 3.8) is 0 Å². The highest BCUT2D eigenvalue weighted by molar-refractivity contribution is 14.1. The van der Waals surface area contributed by atoms with E-state index in [0.717, 1.165) is 3.57 Å². The number of aromatic nitrogens is 2. The summed E-state index contributed by atoms with van der Waals surface area (Å²) in [5.41, 5.74) is 0.620. The lowest BCUT2D eigenvalue weighted by Gasteiger charge is -1.98. The minimum Gasteiger partial charge on any atom is -0.463 e.